The topological polar surface area (TPSA) is 29.5 Å². The number of rotatable bonds is 7. The molecule has 3 nitrogen and oxygen atoms in total. The lowest BCUT2D eigenvalue weighted by Gasteiger charge is -2.32. The van der Waals surface area contributed by atoms with Gasteiger partial charge in [0, 0.05) is 25.1 Å². The molecule has 1 atom stereocenters. The summed E-state index contributed by atoms with van der Waals surface area (Å²) in [6, 6.07) is 9.58. The lowest BCUT2D eigenvalue weighted by Crippen LogP contribution is -2.40. The quantitative estimate of drug-likeness (QED) is 0.716. The van der Waals surface area contributed by atoms with Gasteiger partial charge in [-0.3, -0.25) is 4.79 Å². The fourth-order valence-corrected chi connectivity index (χ4v) is 2.82. The molecule has 0 N–H and O–H groups in total. The molecule has 1 unspecified atom stereocenters. The van der Waals surface area contributed by atoms with E-state index in [1.54, 1.807) is 0 Å². The zero-order chi connectivity index (χ0) is 14.2. The molecule has 0 radical (unpaired) electrons. The van der Waals surface area contributed by atoms with Gasteiger partial charge in [0.05, 0.1) is 6.10 Å². The van der Waals surface area contributed by atoms with Gasteiger partial charge in [0.1, 0.15) is 0 Å². The molecule has 2 rings (SSSR count). The van der Waals surface area contributed by atoms with Crippen LogP contribution in [-0.4, -0.2) is 43.0 Å². The van der Waals surface area contributed by atoms with E-state index in [0.29, 0.717) is 12.5 Å². The third kappa shape index (κ3) is 4.73. The largest absolute Gasteiger partial charge is 0.377 e. The molecule has 0 amide bonds. The molecular weight excluding hydrogens is 250 g/mol. The Labute approximate surface area is 121 Å². The van der Waals surface area contributed by atoms with Crippen LogP contribution < -0.4 is 0 Å². The number of ketones is 1. The van der Waals surface area contributed by atoms with Gasteiger partial charge >= 0.3 is 0 Å². The van der Waals surface area contributed by atoms with Crippen molar-refractivity contribution in [1.82, 2.24) is 4.90 Å². The average Bonchev–Trinajstić information content (AvgIpc) is 2.49. The van der Waals surface area contributed by atoms with E-state index in [2.05, 4.69) is 11.8 Å². The van der Waals surface area contributed by atoms with Gasteiger partial charge in [0.25, 0.3) is 0 Å². The van der Waals surface area contributed by atoms with Crippen molar-refractivity contribution in [3.05, 3.63) is 35.9 Å². The van der Waals surface area contributed by atoms with Gasteiger partial charge < -0.3 is 9.64 Å². The fraction of sp³-hybridized carbons (Fsp3) is 0.588. The summed E-state index contributed by atoms with van der Waals surface area (Å²) in [5.41, 5.74) is 0.832. The molecule has 1 fully saturated rings. The lowest BCUT2D eigenvalue weighted by molar-refractivity contribution is 0.00571. The second-order valence-corrected chi connectivity index (χ2v) is 5.41. The molecule has 3 heteroatoms. The average molecular weight is 275 g/mol. The first-order valence-corrected chi connectivity index (χ1v) is 7.72. The van der Waals surface area contributed by atoms with Gasteiger partial charge in [0.2, 0.25) is 0 Å². The molecule has 1 heterocycles. The van der Waals surface area contributed by atoms with E-state index < -0.39 is 0 Å². The van der Waals surface area contributed by atoms with Crippen molar-refractivity contribution >= 4 is 5.78 Å². The minimum absolute atomic E-state index is 0.254. The second-order valence-electron chi connectivity index (χ2n) is 5.41. The number of carbonyl (C=O) groups is 1. The standard InChI is InChI=1S/C17H25NO2/c1-2-20-16-10-6-12-18(14-16)13-7-11-17(19)15-8-4-3-5-9-15/h3-5,8-9,16H,2,6-7,10-14H2,1H3. The number of ether oxygens (including phenoxy) is 1. The van der Waals surface area contributed by atoms with Crippen molar-refractivity contribution in [1.29, 1.82) is 0 Å². The predicted molar refractivity (Wildman–Crippen MR) is 81.1 cm³/mol. The van der Waals surface area contributed by atoms with Gasteiger partial charge in [-0.25, -0.2) is 0 Å². The first kappa shape index (κ1) is 15.2. The molecule has 1 aromatic rings. The Morgan fingerprint density at radius 2 is 2.15 bits per heavy atom. The maximum atomic E-state index is 12.0. The van der Waals surface area contributed by atoms with Gasteiger partial charge in [-0.15, -0.1) is 0 Å². The zero-order valence-corrected chi connectivity index (χ0v) is 12.4. The molecule has 0 aliphatic carbocycles. The first-order valence-electron chi connectivity index (χ1n) is 7.72. The van der Waals surface area contributed by atoms with Crippen molar-refractivity contribution in [2.24, 2.45) is 0 Å². The highest BCUT2D eigenvalue weighted by Crippen LogP contribution is 2.14. The molecule has 0 bridgehead atoms. The van der Waals surface area contributed by atoms with Crippen LogP contribution in [0.5, 0.6) is 0 Å². The Balaban J connectivity index is 1.69. The highest BCUT2D eigenvalue weighted by Gasteiger charge is 2.19. The summed E-state index contributed by atoms with van der Waals surface area (Å²) in [4.78, 5) is 14.4. The van der Waals surface area contributed by atoms with E-state index in [-0.39, 0.29) is 5.78 Å². The molecule has 1 aliphatic heterocycles. The van der Waals surface area contributed by atoms with E-state index in [1.807, 2.05) is 30.3 Å². The van der Waals surface area contributed by atoms with E-state index in [9.17, 15) is 4.79 Å². The summed E-state index contributed by atoms with van der Waals surface area (Å²) in [5.74, 6) is 0.254. The fourth-order valence-electron chi connectivity index (χ4n) is 2.82. The number of nitrogens with zero attached hydrogens (tertiary/aromatic N) is 1. The van der Waals surface area contributed by atoms with Crippen LogP contribution in [0.1, 0.15) is 43.0 Å². The van der Waals surface area contributed by atoms with E-state index in [4.69, 9.17) is 4.74 Å². The van der Waals surface area contributed by atoms with Crippen LogP contribution in [0.2, 0.25) is 0 Å². The van der Waals surface area contributed by atoms with E-state index in [0.717, 1.165) is 38.2 Å². The van der Waals surface area contributed by atoms with Crippen LogP contribution in [0.25, 0.3) is 0 Å². The van der Waals surface area contributed by atoms with Crippen molar-refractivity contribution in [3.8, 4) is 0 Å². The molecule has 0 saturated carbocycles. The van der Waals surface area contributed by atoms with Gasteiger partial charge in [0.15, 0.2) is 5.78 Å². The third-order valence-electron chi connectivity index (χ3n) is 3.84. The van der Waals surface area contributed by atoms with Crippen LogP contribution in [-0.2, 0) is 4.74 Å². The summed E-state index contributed by atoms with van der Waals surface area (Å²) >= 11 is 0. The maximum Gasteiger partial charge on any atom is 0.162 e. The number of likely N-dealkylation sites (tertiary alicyclic amines) is 1. The summed E-state index contributed by atoms with van der Waals surface area (Å²) in [5, 5.41) is 0. The highest BCUT2D eigenvalue weighted by atomic mass is 16.5. The minimum atomic E-state index is 0.254. The first-order chi connectivity index (χ1) is 9.79. The number of hydrogen-bond donors (Lipinski definition) is 0. The Hall–Kier alpha value is -1.19. The molecule has 1 saturated heterocycles. The molecule has 110 valence electrons. The Bertz CT molecular complexity index is 403. The number of Topliss-reactive ketones (excluding diaryl/α,β-unsaturated/α-hetero) is 1. The van der Waals surface area contributed by atoms with Gasteiger partial charge in [-0.1, -0.05) is 30.3 Å². The summed E-state index contributed by atoms with van der Waals surface area (Å²) in [6.45, 7) is 6.01. The van der Waals surface area contributed by atoms with E-state index >= 15 is 0 Å². The number of piperidine rings is 1. The lowest BCUT2D eigenvalue weighted by atomic mass is 10.1. The number of carbonyl (C=O) groups excluding carboxylic acids is 1. The normalized spacial score (nSPS) is 19.9. The SMILES string of the molecule is CCOC1CCCN(CCCC(=O)c2ccccc2)C1. The van der Waals surface area contributed by atoms with Gasteiger partial charge in [-0.05, 0) is 39.3 Å². The molecular formula is C17H25NO2. The second kappa shape index (κ2) is 8.18. The van der Waals surface area contributed by atoms with Crippen LogP contribution in [0.3, 0.4) is 0 Å². The van der Waals surface area contributed by atoms with Crippen molar-refractivity contribution < 1.29 is 9.53 Å². The Morgan fingerprint density at radius 3 is 2.90 bits per heavy atom. The smallest absolute Gasteiger partial charge is 0.162 e. The van der Waals surface area contributed by atoms with Gasteiger partial charge in [-0.2, -0.15) is 0 Å². The molecule has 0 aromatic heterocycles. The summed E-state index contributed by atoms with van der Waals surface area (Å²) in [6.07, 6.45) is 4.34. The number of benzene rings is 1. The zero-order valence-electron chi connectivity index (χ0n) is 12.4. The third-order valence-corrected chi connectivity index (χ3v) is 3.84. The molecule has 1 aromatic carbocycles. The van der Waals surface area contributed by atoms with Crippen molar-refractivity contribution in [3.63, 3.8) is 0 Å². The highest BCUT2D eigenvalue weighted by molar-refractivity contribution is 5.95. The van der Waals surface area contributed by atoms with Crippen molar-refractivity contribution in [2.45, 2.75) is 38.7 Å². The van der Waals surface area contributed by atoms with Crippen molar-refractivity contribution in [2.75, 3.05) is 26.2 Å². The molecule has 1 aliphatic rings. The molecule has 0 spiro atoms. The predicted octanol–water partition coefficient (Wildman–Crippen LogP) is 3.15. The van der Waals surface area contributed by atoms with E-state index in [1.165, 1.54) is 12.8 Å². The Morgan fingerprint density at radius 1 is 1.35 bits per heavy atom. The maximum absolute atomic E-state index is 12.0. The Kier molecular flexibility index (Phi) is 6.22. The minimum Gasteiger partial charge on any atom is -0.377 e. The van der Waals surface area contributed by atoms with Crippen LogP contribution in [0, 0.1) is 0 Å². The summed E-state index contributed by atoms with van der Waals surface area (Å²) in [7, 11) is 0. The number of hydrogen-bond acceptors (Lipinski definition) is 3. The molecule has 20 heavy (non-hydrogen) atoms. The van der Waals surface area contributed by atoms with Crippen LogP contribution >= 0.6 is 0 Å². The van der Waals surface area contributed by atoms with Crippen LogP contribution in [0.15, 0.2) is 30.3 Å². The van der Waals surface area contributed by atoms with Crippen LogP contribution in [0.4, 0.5) is 0 Å². The monoisotopic (exact) mass is 275 g/mol. The summed E-state index contributed by atoms with van der Waals surface area (Å²) < 4.78 is 5.70.